The number of amides is 1. The zero-order chi connectivity index (χ0) is 11.4. The van der Waals surface area contributed by atoms with Crippen molar-refractivity contribution >= 4 is 17.2 Å². The second-order valence-electron chi connectivity index (χ2n) is 3.86. The van der Waals surface area contributed by atoms with Crippen LogP contribution in [-0.4, -0.2) is 30.9 Å². The fraction of sp³-hybridized carbons (Fsp3) is 0.545. The van der Waals surface area contributed by atoms with Crippen molar-refractivity contribution in [3.8, 4) is 0 Å². The van der Waals surface area contributed by atoms with E-state index in [4.69, 9.17) is 0 Å². The van der Waals surface area contributed by atoms with E-state index in [9.17, 15) is 4.79 Å². The lowest BCUT2D eigenvalue weighted by molar-refractivity contribution is -0.130. The molecule has 0 saturated carbocycles. The average molecular weight is 226 g/mol. The van der Waals surface area contributed by atoms with Gasteiger partial charge in [0.15, 0.2) is 0 Å². The molecule has 4 heteroatoms. The number of hydrogen-bond acceptors (Lipinski definition) is 3. The van der Waals surface area contributed by atoms with Gasteiger partial charge in [-0.05, 0) is 25.3 Å². The molecule has 1 rings (SSSR count). The molecule has 1 aromatic heterocycles. The molecule has 0 aliphatic heterocycles. The van der Waals surface area contributed by atoms with E-state index in [0.29, 0.717) is 0 Å². The third-order valence-corrected chi connectivity index (χ3v) is 3.34. The van der Waals surface area contributed by atoms with Gasteiger partial charge in [-0.1, -0.05) is 6.07 Å². The Labute approximate surface area is 95.1 Å². The highest BCUT2D eigenvalue weighted by Gasteiger charge is 2.17. The van der Waals surface area contributed by atoms with E-state index in [1.807, 2.05) is 18.4 Å². The molecular formula is C11H18N2OS. The fourth-order valence-corrected chi connectivity index (χ4v) is 2.20. The molecule has 1 N–H and O–H groups in total. The summed E-state index contributed by atoms with van der Waals surface area (Å²) in [4.78, 5) is 14.5. The SMILES string of the molecule is CC(N[C@H](C)c1cccs1)C(=O)N(C)C. The second-order valence-corrected chi connectivity index (χ2v) is 4.84. The molecule has 15 heavy (non-hydrogen) atoms. The molecule has 84 valence electrons. The Balaban J connectivity index is 2.52. The lowest BCUT2D eigenvalue weighted by Gasteiger charge is -2.21. The van der Waals surface area contributed by atoms with Crippen LogP contribution in [0.1, 0.15) is 24.8 Å². The first-order valence-electron chi connectivity index (χ1n) is 5.03. The molecule has 1 amide bonds. The molecule has 1 aromatic rings. The van der Waals surface area contributed by atoms with Crippen LogP contribution in [0.3, 0.4) is 0 Å². The summed E-state index contributed by atoms with van der Waals surface area (Å²) in [6.45, 7) is 3.97. The van der Waals surface area contributed by atoms with E-state index in [2.05, 4.69) is 18.3 Å². The van der Waals surface area contributed by atoms with E-state index in [1.165, 1.54) is 4.88 Å². The highest BCUT2D eigenvalue weighted by molar-refractivity contribution is 7.10. The van der Waals surface area contributed by atoms with E-state index in [1.54, 1.807) is 30.3 Å². The third kappa shape index (κ3) is 3.32. The predicted octanol–water partition coefficient (Wildman–Crippen LogP) is 1.88. The molecular weight excluding hydrogens is 208 g/mol. The predicted molar refractivity (Wildman–Crippen MR) is 64.0 cm³/mol. The number of nitrogens with one attached hydrogen (secondary N) is 1. The van der Waals surface area contributed by atoms with E-state index >= 15 is 0 Å². The number of hydrogen-bond donors (Lipinski definition) is 1. The van der Waals surface area contributed by atoms with Crippen molar-refractivity contribution in [1.29, 1.82) is 0 Å². The second kappa shape index (κ2) is 5.28. The maximum absolute atomic E-state index is 11.6. The molecule has 0 fully saturated rings. The van der Waals surface area contributed by atoms with Crippen LogP contribution in [0.5, 0.6) is 0 Å². The summed E-state index contributed by atoms with van der Waals surface area (Å²) in [5.74, 6) is 0.110. The minimum absolute atomic E-state index is 0.110. The van der Waals surface area contributed by atoms with Crippen molar-refractivity contribution in [3.63, 3.8) is 0 Å². The Hall–Kier alpha value is -0.870. The first kappa shape index (κ1) is 12.2. The van der Waals surface area contributed by atoms with Crippen LogP contribution in [0.2, 0.25) is 0 Å². The third-order valence-electron chi connectivity index (χ3n) is 2.28. The van der Waals surface area contributed by atoms with Gasteiger partial charge in [-0.25, -0.2) is 0 Å². The minimum Gasteiger partial charge on any atom is -0.347 e. The number of carbonyl (C=O) groups is 1. The molecule has 0 spiro atoms. The van der Waals surface area contributed by atoms with Gasteiger partial charge < -0.3 is 4.90 Å². The van der Waals surface area contributed by atoms with E-state index < -0.39 is 0 Å². The number of rotatable bonds is 4. The normalized spacial score (nSPS) is 14.7. The van der Waals surface area contributed by atoms with Crippen LogP contribution in [-0.2, 0) is 4.79 Å². The van der Waals surface area contributed by atoms with Crippen molar-refractivity contribution in [2.45, 2.75) is 25.9 Å². The Bertz CT molecular complexity index is 308. The van der Waals surface area contributed by atoms with Gasteiger partial charge in [0, 0.05) is 25.0 Å². The standard InChI is InChI=1S/C11H18N2OS/c1-8(10-6-5-7-15-10)12-9(2)11(14)13(3)4/h5-9,12H,1-4H3/t8-,9?/m1/s1. The van der Waals surface area contributed by atoms with Crippen molar-refractivity contribution < 1.29 is 4.79 Å². The van der Waals surface area contributed by atoms with Gasteiger partial charge in [0.1, 0.15) is 0 Å². The fourth-order valence-electron chi connectivity index (χ4n) is 1.45. The quantitative estimate of drug-likeness (QED) is 0.850. The number of carbonyl (C=O) groups excluding carboxylic acids is 1. The van der Waals surface area contributed by atoms with Crippen molar-refractivity contribution in [2.75, 3.05) is 14.1 Å². The zero-order valence-electron chi connectivity index (χ0n) is 9.65. The summed E-state index contributed by atoms with van der Waals surface area (Å²) in [5.41, 5.74) is 0. The van der Waals surface area contributed by atoms with Gasteiger partial charge in [-0.3, -0.25) is 10.1 Å². The first-order chi connectivity index (χ1) is 7.02. The van der Waals surface area contributed by atoms with Crippen LogP contribution >= 0.6 is 11.3 Å². The van der Waals surface area contributed by atoms with Gasteiger partial charge >= 0.3 is 0 Å². The zero-order valence-corrected chi connectivity index (χ0v) is 10.5. The maximum atomic E-state index is 11.6. The summed E-state index contributed by atoms with van der Waals surface area (Å²) in [5, 5.41) is 5.33. The Morgan fingerprint density at radius 3 is 2.60 bits per heavy atom. The smallest absolute Gasteiger partial charge is 0.238 e. The van der Waals surface area contributed by atoms with Gasteiger partial charge in [0.05, 0.1) is 6.04 Å². The van der Waals surface area contributed by atoms with Crippen LogP contribution < -0.4 is 5.32 Å². The summed E-state index contributed by atoms with van der Waals surface area (Å²) < 4.78 is 0. The minimum atomic E-state index is -0.142. The van der Waals surface area contributed by atoms with Crippen molar-refractivity contribution in [2.24, 2.45) is 0 Å². The molecule has 0 saturated heterocycles. The van der Waals surface area contributed by atoms with E-state index in [0.717, 1.165) is 0 Å². The van der Waals surface area contributed by atoms with E-state index in [-0.39, 0.29) is 18.0 Å². The first-order valence-corrected chi connectivity index (χ1v) is 5.91. The molecule has 0 aliphatic rings. The molecule has 0 aromatic carbocycles. The van der Waals surface area contributed by atoms with Crippen LogP contribution in [0.15, 0.2) is 17.5 Å². The van der Waals surface area contributed by atoms with Crippen molar-refractivity contribution in [1.82, 2.24) is 10.2 Å². The number of thiophene rings is 1. The maximum Gasteiger partial charge on any atom is 0.238 e. The molecule has 0 aliphatic carbocycles. The lowest BCUT2D eigenvalue weighted by atomic mass is 10.2. The number of nitrogens with zero attached hydrogens (tertiary/aromatic N) is 1. The molecule has 0 radical (unpaired) electrons. The molecule has 2 atom stereocenters. The Morgan fingerprint density at radius 1 is 1.47 bits per heavy atom. The summed E-state index contributed by atoms with van der Waals surface area (Å²) in [7, 11) is 3.55. The summed E-state index contributed by atoms with van der Waals surface area (Å²) >= 11 is 1.71. The van der Waals surface area contributed by atoms with Gasteiger partial charge in [0.2, 0.25) is 5.91 Å². The molecule has 1 heterocycles. The molecule has 1 unspecified atom stereocenters. The van der Waals surface area contributed by atoms with Crippen LogP contribution in [0.4, 0.5) is 0 Å². The highest BCUT2D eigenvalue weighted by atomic mass is 32.1. The van der Waals surface area contributed by atoms with Crippen molar-refractivity contribution in [3.05, 3.63) is 22.4 Å². The Kier molecular flexibility index (Phi) is 4.29. The summed E-state index contributed by atoms with van der Waals surface area (Å²) in [6, 6.07) is 4.19. The Morgan fingerprint density at radius 2 is 2.13 bits per heavy atom. The topological polar surface area (TPSA) is 32.3 Å². The van der Waals surface area contributed by atoms with Crippen LogP contribution in [0, 0.1) is 0 Å². The van der Waals surface area contributed by atoms with Gasteiger partial charge in [-0.2, -0.15) is 0 Å². The van der Waals surface area contributed by atoms with Crippen LogP contribution in [0.25, 0.3) is 0 Å². The monoisotopic (exact) mass is 226 g/mol. The largest absolute Gasteiger partial charge is 0.347 e. The van der Waals surface area contributed by atoms with Gasteiger partial charge in [-0.15, -0.1) is 11.3 Å². The number of likely N-dealkylation sites (N-methyl/N-ethyl adjacent to an activating group) is 1. The molecule has 0 bridgehead atoms. The lowest BCUT2D eigenvalue weighted by Crippen LogP contribution is -2.42. The highest BCUT2D eigenvalue weighted by Crippen LogP contribution is 2.18. The van der Waals surface area contributed by atoms with Gasteiger partial charge in [0.25, 0.3) is 0 Å². The molecule has 3 nitrogen and oxygen atoms in total. The summed E-state index contributed by atoms with van der Waals surface area (Å²) in [6.07, 6.45) is 0. The average Bonchev–Trinajstić information content (AvgIpc) is 2.68.